The van der Waals surface area contributed by atoms with Crippen molar-refractivity contribution in [3.05, 3.63) is 0 Å². The minimum Gasteiger partial charge on any atom is -0.379 e. The fourth-order valence-electron chi connectivity index (χ4n) is 1.29. The SMILES string of the molecule is CO[C@H]1COCC[C@H]1CN. The molecule has 0 aromatic heterocycles. The molecule has 0 saturated carbocycles. The summed E-state index contributed by atoms with van der Waals surface area (Å²) in [7, 11) is 1.71. The molecule has 3 heteroatoms. The molecular formula is C7H15NO2. The first kappa shape index (κ1) is 7.98. The zero-order chi connectivity index (χ0) is 7.40. The van der Waals surface area contributed by atoms with Crippen molar-refractivity contribution in [3.8, 4) is 0 Å². The summed E-state index contributed by atoms with van der Waals surface area (Å²) in [5.41, 5.74) is 5.53. The molecule has 0 aliphatic carbocycles. The standard InChI is InChI=1S/C7H15NO2/c1-9-7-5-10-3-2-6(7)4-8/h6-7H,2-5,8H2,1H3/t6-,7-/m0/s1. The lowest BCUT2D eigenvalue weighted by Crippen LogP contribution is -2.38. The highest BCUT2D eigenvalue weighted by molar-refractivity contribution is 4.74. The van der Waals surface area contributed by atoms with Gasteiger partial charge >= 0.3 is 0 Å². The first-order chi connectivity index (χ1) is 4.88. The molecule has 0 spiro atoms. The third-order valence-corrected chi connectivity index (χ3v) is 2.05. The normalized spacial score (nSPS) is 34.2. The van der Waals surface area contributed by atoms with E-state index in [1.807, 2.05) is 0 Å². The highest BCUT2D eigenvalue weighted by Crippen LogP contribution is 2.15. The van der Waals surface area contributed by atoms with Gasteiger partial charge in [-0.25, -0.2) is 0 Å². The lowest BCUT2D eigenvalue weighted by molar-refractivity contribution is -0.0625. The van der Waals surface area contributed by atoms with E-state index < -0.39 is 0 Å². The van der Waals surface area contributed by atoms with Gasteiger partial charge in [0.1, 0.15) is 0 Å². The van der Waals surface area contributed by atoms with Crippen LogP contribution in [0.3, 0.4) is 0 Å². The molecule has 10 heavy (non-hydrogen) atoms. The van der Waals surface area contributed by atoms with Gasteiger partial charge in [-0.1, -0.05) is 0 Å². The van der Waals surface area contributed by atoms with E-state index in [2.05, 4.69) is 0 Å². The molecule has 1 aliphatic heterocycles. The smallest absolute Gasteiger partial charge is 0.0845 e. The Morgan fingerprint density at radius 1 is 1.70 bits per heavy atom. The van der Waals surface area contributed by atoms with Crippen molar-refractivity contribution >= 4 is 0 Å². The summed E-state index contributed by atoms with van der Waals surface area (Å²) in [4.78, 5) is 0. The van der Waals surface area contributed by atoms with Crippen molar-refractivity contribution < 1.29 is 9.47 Å². The number of rotatable bonds is 2. The van der Waals surface area contributed by atoms with Gasteiger partial charge in [0, 0.05) is 19.6 Å². The highest BCUT2D eigenvalue weighted by Gasteiger charge is 2.23. The Labute approximate surface area is 61.5 Å². The Morgan fingerprint density at radius 2 is 2.50 bits per heavy atom. The Hall–Kier alpha value is -0.120. The molecule has 2 N–H and O–H groups in total. The Balaban J connectivity index is 2.34. The first-order valence-electron chi connectivity index (χ1n) is 3.69. The van der Waals surface area contributed by atoms with Crippen LogP contribution in [0.25, 0.3) is 0 Å². The van der Waals surface area contributed by atoms with Crippen molar-refractivity contribution in [1.82, 2.24) is 0 Å². The van der Waals surface area contributed by atoms with E-state index in [1.165, 1.54) is 0 Å². The predicted molar refractivity (Wildman–Crippen MR) is 38.8 cm³/mol. The van der Waals surface area contributed by atoms with Crippen molar-refractivity contribution in [1.29, 1.82) is 0 Å². The van der Waals surface area contributed by atoms with Gasteiger partial charge in [0.15, 0.2) is 0 Å². The number of hydrogen-bond acceptors (Lipinski definition) is 3. The largest absolute Gasteiger partial charge is 0.379 e. The quantitative estimate of drug-likeness (QED) is 0.594. The summed E-state index contributed by atoms with van der Waals surface area (Å²) in [5, 5.41) is 0. The van der Waals surface area contributed by atoms with Crippen LogP contribution in [0.2, 0.25) is 0 Å². The Morgan fingerprint density at radius 3 is 3.00 bits per heavy atom. The van der Waals surface area contributed by atoms with Gasteiger partial charge in [-0.15, -0.1) is 0 Å². The monoisotopic (exact) mass is 145 g/mol. The van der Waals surface area contributed by atoms with Crippen molar-refractivity contribution in [2.24, 2.45) is 11.7 Å². The second-order valence-corrected chi connectivity index (χ2v) is 2.63. The van der Waals surface area contributed by atoms with Crippen molar-refractivity contribution in [2.45, 2.75) is 12.5 Å². The van der Waals surface area contributed by atoms with Crippen LogP contribution in [0.15, 0.2) is 0 Å². The average Bonchev–Trinajstić information content (AvgIpc) is 2.04. The number of methoxy groups -OCH3 is 1. The highest BCUT2D eigenvalue weighted by atomic mass is 16.5. The maximum Gasteiger partial charge on any atom is 0.0845 e. The number of nitrogens with two attached hydrogens (primary N) is 1. The van der Waals surface area contributed by atoms with Crippen LogP contribution in [0.4, 0.5) is 0 Å². The molecule has 0 bridgehead atoms. The third-order valence-electron chi connectivity index (χ3n) is 2.05. The van der Waals surface area contributed by atoms with E-state index in [0.717, 1.165) is 13.0 Å². The number of hydrogen-bond donors (Lipinski definition) is 1. The minimum atomic E-state index is 0.221. The van der Waals surface area contributed by atoms with E-state index in [-0.39, 0.29) is 6.10 Å². The molecule has 0 aromatic rings. The average molecular weight is 145 g/mol. The fourth-order valence-corrected chi connectivity index (χ4v) is 1.29. The van der Waals surface area contributed by atoms with E-state index in [1.54, 1.807) is 7.11 Å². The summed E-state index contributed by atoms with van der Waals surface area (Å²) >= 11 is 0. The van der Waals surface area contributed by atoms with Crippen LogP contribution >= 0.6 is 0 Å². The maximum absolute atomic E-state index is 5.53. The van der Waals surface area contributed by atoms with Crippen molar-refractivity contribution in [2.75, 3.05) is 26.9 Å². The van der Waals surface area contributed by atoms with Gasteiger partial charge in [-0.2, -0.15) is 0 Å². The molecule has 0 aromatic carbocycles. The van der Waals surface area contributed by atoms with Gasteiger partial charge in [0.2, 0.25) is 0 Å². The first-order valence-corrected chi connectivity index (χ1v) is 3.69. The van der Waals surface area contributed by atoms with E-state index in [0.29, 0.717) is 19.1 Å². The number of ether oxygens (including phenoxy) is 2. The summed E-state index contributed by atoms with van der Waals surface area (Å²) in [6.07, 6.45) is 1.26. The molecule has 1 aliphatic rings. The van der Waals surface area contributed by atoms with E-state index in [9.17, 15) is 0 Å². The van der Waals surface area contributed by atoms with Crippen molar-refractivity contribution in [3.63, 3.8) is 0 Å². The van der Waals surface area contributed by atoms with Crippen LogP contribution in [-0.4, -0.2) is 33.0 Å². The Bertz CT molecular complexity index is 85.6. The molecular weight excluding hydrogens is 130 g/mol. The lowest BCUT2D eigenvalue weighted by Gasteiger charge is -2.29. The lowest BCUT2D eigenvalue weighted by atomic mass is 9.98. The summed E-state index contributed by atoms with van der Waals surface area (Å²) in [5.74, 6) is 0.499. The molecule has 0 amide bonds. The van der Waals surface area contributed by atoms with Gasteiger partial charge in [-0.05, 0) is 13.0 Å². The summed E-state index contributed by atoms with van der Waals surface area (Å²) in [6.45, 7) is 2.25. The van der Waals surface area contributed by atoms with E-state index in [4.69, 9.17) is 15.2 Å². The van der Waals surface area contributed by atoms with Gasteiger partial charge in [0.25, 0.3) is 0 Å². The molecule has 3 nitrogen and oxygen atoms in total. The van der Waals surface area contributed by atoms with Gasteiger partial charge in [0.05, 0.1) is 12.7 Å². The Kier molecular flexibility index (Phi) is 3.12. The van der Waals surface area contributed by atoms with Crippen LogP contribution in [-0.2, 0) is 9.47 Å². The molecule has 2 atom stereocenters. The van der Waals surface area contributed by atoms with Crippen LogP contribution in [0, 0.1) is 5.92 Å². The molecule has 1 rings (SSSR count). The summed E-state index contributed by atoms with van der Waals surface area (Å²) in [6, 6.07) is 0. The fraction of sp³-hybridized carbons (Fsp3) is 1.00. The molecule has 60 valence electrons. The van der Waals surface area contributed by atoms with E-state index >= 15 is 0 Å². The molecule has 1 heterocycles. The second-order valence-electron chi connectivity index (χ2n) is 2.63. The minimum absolute atomic E-state index is 0.221. The van der Waals surface area contributed by atoms with Crippen LogP contribution in [0.5, 0.6) is 0 Å². The zero-order valence-electron chi connectivity index (χ0n) is 6.38. The van der Waals surface area contributed by atoms with Gasteiger partial charge in [-0.3, -0.25) is 0 Å². The molecule has 0 radical (unpaired) electrons. The van der Waals surface area contributed by atoms with Gasteiger partial charge < -0.3 is 15.2 Å². The topological polar surface area (TPSA) is 44.5 Å². The maximum atomic E-state index is 5.53. The van der Waals surface area contributed by atoms with Crippen LogP contribution in [0.1, 0.15) is 6.42 Å². The summed E-state index contributed by atoms with van der Waals surface area (Å²) < 4.78 is 10.4. The zero-order valence-corrected chi connectivity index (χ0v) is 6.38. The second kappa shape index (κ2) is 3.91. The predicted octanol–water partition coefficient (Wildman–Crippen LogP) is -0.00340. The molecule has 1 fully saturated rings. The third kappa shape index (κ3) is 1.68. The molecule has 1 saturated heterocycles. The molecule has 0 unspecified atom stereocenters. The van der Waals surface area contributed by atoms with Crippen LogP contribution < -0.4 is 5.73 Å².